The molecule has 0 aromatic carbocycles. The molecule has 1 unspecified atom stereocenters. The van der Waals surface area contributed by atoms with Gasteiger partial charge < -0.3 is 14.4 Å². The van der Waals surface area contributed by atoms with Crippen molar-refractivity contribution < 1.29 is 14.3 Å². The molecule has 1 heterocycles. The third-order valence-corrected chi connectivity index (χ3v) is 4.25. The third-order valence-electron chi connectivity index (χ3n) is 2.54. The van der Waals surface area contributed by atoms with Crippen molar-refractivity contribution in [3.05, 3.63) is 0 Å². The quantitative estimate of drug-likeness (QED) is 0.408. The molecule has 1 aliphatic rings. The third kappa shape index (κ3) is 5.32. The molecule has 1 aliphatic heterocycles. The monoisotopic (exact) mass is 258 g/mol. The number of hydrogen-bond acceptors (Lipinski definition) is 5. The van der Waals surface area contributed by atoms with Crippen LogP contribution in [0.3, 0.4) is 0 Å². The molecule has 0 amide bonds. The molecule has 17 heavy (non-hydrogen) atoms. The van der Waals surface area contributed by atoms with Crippen LogP contribution in [0, 0.1) is 0 Å². The van der Waals surface area contributed by atoms with E-state index in [1.807, 2.05) is 4.90 Å². The van der Waals surface area contributed by atoms with Gasteiger partial charge in [-0.15, -0.1) is 0 Å². The fourth-order valence-electron chi connectivity index (χ4n) is 1.41. The van der Waals surface area contributed by atoms with Crippen molar-refractivity contribution in [2.45, 2.75) is 31.7 Å². The number of aliphatic imine (C=N–C) groups is 1. The van der Waals surface area contributed by atoms with Gasteiger partial charge in [-0.3, -0.25) is 4.99 Å². The standard InChI is InChI=1S/C11H22N2O3Si/c1-15-11(14)10-7-13(8-12-10)9-16-5-6-17(2,3)4/h8,10H,5-7,9H2,1-4H3. The molecular formula is C11H22N2O3Si. The van der Waals surface area contributed by atoms with Crippen molar-refractivity contribution in [2.24, 2.45) is 4.99 Å². The summed E-state index contributed by atoms with van der Waals surface area (Å²) in [5.41, 5.74) is 0. The van der Waals surface area contributed by atoms with E-state index >= 15 is 0 Å². The van der Waals surface area contributed by atoms with Crippen LogP contribution in [0.2, 0.25) is 25.7 Å². The highest BCUT2D eigenvalue weighted by Gasteiger charge is 2.25. The Kier molecular flexibility index (Phi) is 5.14. The highest BCUT2D eigenvalue weighted by atomic mass is 28.3. The fourth-order valence-corrected chi connectivity index (χ4v) is 2.17. The lowest BCUT2D eigenvalue weighted by molar-refractivity contribution is -0.142. The van der Waals surface area contributed by atoms with Gasteiger partial charge in [-0.2, -0.15) is 0 Å². The molecule has 0 bridgehead atoms. The first-order chi connectivity index (χ1) is 7.92. The van der Waals surface area contributed by atoms with E-state index in [0.717, 1.165) is 12.7 Å². The summed E-state index contributed by atoms with van der Waals surface area (Å²) in [7, 11) is 0.357. The number of carbonyl (C=O) groups is 1. The predicted molar refractivity (Wildman–Crippen MR) is 70.0 cm³/mol. The van der Waals surface area contributed by atoms with Crippen LogP contribution < -0.4 is 0 Å². The first kappa shape index (κ1) is 14.2. The van der Waals surface area contributed by atoms with Crippen LogP contribution in [0.1, 0.15) is 0 Å². The SMILES string of the molecule is COC(=O)C1CN(COCC[Si](C)(C)C)C=N1. The van der Waals surface area contributed by atoms with E-state index in [9.17, 15) is 4.79 Å². The normalized spacial score (nSPS) is 19.8. The zero-order valence-corrected chi connectivity index (χ0v) is 12.1. The van der Waals surface area contributed by atoms with Crippen molar-refractivity contribution >= 4 is 20.4 Å². The maximum absolute atomic E-state index is 11.2. The first-order valence-electron chi connectivity index (χ1n) is 5.85. The second-order valence-electron chi connectivity index (χ2n) is 5.42. The Bertz CT molecular complexity index is 289. The van der Waals surface area contributed by atoms with Gasteiger partial charge in [-0.05, 0) is 6.04 Å². The number of carbonyl (C=O) groups excluding carboxylic acids is 1. The summed E-state index contributed by atoms with van der Waals surface area (Å²) in [6.07, 6.45) is 1.66. The van der Waals surface area contributed by atoms with E-state index in [2.05, 4.69) is 29.4 Å². The average Bonchev–Trinajstić information content (AvgIpc) is 2.70. The molecule has 1 rings (SSSR count). The van der Waals surface area contributed by atoms with Gasteiger partial charge in [-0.25, -0.2) is 4.79 Å². The molecule has 1 atom stereocenters. The van der Waals surface area contributed by atoms with Gasteiger partial charge in [0.2, 0.25) is 0 Å². The minimum Gasteiger partial charge on any atom is -0.467 e. The van der Waals surface area contributed by atoms with Crippen molar-refractivity contribution in [3.63, 3.8) is 0 Å². The van der Waals surface area contributed by atoms with E-state index in [1.54, 1.807) is 6.34 Å². The minimum absolute atomic E-state index is 0.286. The largest absolute Gasteiger partial charge is 0.467 e. The number of ether oxygens (including phenoxy) is 2. The molecule has 0 saturated heterocycles. The lowest BCUT2D eigenvalue weighted by atomic mass is 10.3. The Morgan fingerprint density at radius 1 is 1.53 bits per heavy atom. The van der Waals surface area contributed by atoms with Gasteiger partial charge in [0, 0.05) is 14.7 Å². The second kappa shape index (κ2) is 6.16. The molecular weight excluding hydrogens is 236 g/mol. The number of hydrogen-bond donors (Lipinski definition) is 0. The maximum Gasteiger partial charge on any atom is 0.332 e. The van der Waals surface area contributed by atoms with Gasteiger partial charge in [0.1, 0.15) is 6.73 Å². The van der Waals surface area contributed by atoms with Crippen LogP contribution in [0.15, 0.2) is 4.99 Å². The Balaban J connectivity index is 2.15. The topological polar surface area (TPSA) is 51.1 Å². The molecule has 0 aromatic heterocycles. The van der Waals surface area contributed by atoms with Gasteiger partial charge in [0.05, 0.1) is 20.0 Å². The van der Waals surface area contributed by atoms with Crippen LogP contribution in [0.5, 0.6) is 0 Å². The lowest BCUT2D eigenvalue weighted by Gasteiger charge is -2.18. The van der Waals surface area contributed by atoms with Crippen molar-refractivity contribution in [1.82, 2.24) is 4.90 Å². The predicted octanol–water partition coefficient (Wildman–Crippen LogP) is 1.18. The Morgan fingerprint density at radius 2 is 2.24 bits per heavy atom. The highest BCUT2D eigenvalue weighted by Crippen LogP contribution is 2.09. The summed E-state index contributed by atoms with van der Waals surface area (Å²) in [6.45, 7) is 8.80. The van der Waals surface area contributed by atoms with Gasteiger partial charge >= 0.3 is 5.97 Å². The Hall–Kier alpha value is -0.883. The number of nitrogens with zero attached hydrogens (tertiary/aromatic N) is 2. The lowest BCUT2D eigenvalue weighted by Crippen LogP contribution is -2.31. The molecule has 5 nitrogen and oxygen atoms in total. The van der Waals surface area contributed by atoms with Crippen LogP contribution in [-0.2, 0) is 14.3 Å². The summed E-state index contributed by atoms with van der Waals surface area (Å²) >= 11 is 0. The Morgan fingerprint density at radius 3 is 2.82 bits per heavy atom. The fraction of sp³-hybridized carbons (Fsp3) is 0.818. The van der Waals surface area contributed by atoms with E-state index < -0.39 is 8.07 Å². The van der Waals surface area contributed by atoms with Gasteiger partial charge in [0.25, 0.3) is 0 Å². The van der Waals surface area contributed by atoms with Gasteiger partial charge in [0.15, 0.2) is 6.04 Å². The summed E-state index contributed by atoms with van der Waals surface area (Å²) in [4.78, 5) is 17.2. The molecule has 0 saturated carbocycles. The van der Waals surface area contributed by atoms with Crippen LogP contribution in [0.25, 0.3) is 0 Å². The second-order valence-corrected chi connectivity index (χ2v) is 11.0. The summed E-state index contributed by atoms with van der Waals surface area (Å²) < 4.78 is 10.2. The molecule has 6 heteroatoms. The minimum atomic E-state index is -1.02. The molecule has 0 N–H and O–H groups in total. The van der Waals surface area contributed by atoms with Crippen molar-refractivity contribution in [2.75, 3.05) is 27.0 Å². The summed E-state index contributed by atoms with van der Waals surface area (Å²) in [5, 5.41) is 0. The van der Waals surface area contributed by atoms with Crippen molar-refractivity contribution in [1.29, 1.82) is 0 Å². The van der Waals surface area contributed by atoms with Crippen LogP contribution in [-0.4, -0.2) is 58.3 Å². The summed E-state index contributed by atoms with van der Waals surface area (Å²) in [6, 6.07) is 0.763. The zero-order chi connectivity index (χ0) is 12.9. The molecule has 0 aromatic rings. The molecule has 98 valence electrons. The Labute approximate surface area is 104 Å². The van der Waals surface area contributed by atoms with E-state index in [0.29, 0.717) is 13.3 Å². The van der Waals surface area contributed by atoms with Crippen molar-refractivity contribution in [3.8, 4) is 0 Å². The van der Waals surface area contributed by atoms with Crippen LogP contribution in [0.4, 0.5) is 0 Å². The first-order valence-corrected chi connectivity index (χ1v) is 9.56. The molecule has 0 radical (unpaired) electrons. The molecule has 0 aliphatic carbocycles. The van der Waals surface area contributed by atoms with E-state index in [4.69, 9.17) is 4.74 Å². The number of rotatable bonds is 6. The smallest absolute Gasteiger partial charge is 0.332 e. The number of methoxy groups -OCH3 is 1. The average molecular weight is 258 g/mol. The zero-order valence-electron chi connectivity index (χ0n) is 11.1. The van der Waals surface area contributed by atoms with E-state index in [-0.39, 0.29) is 12.0 Å². The number of esters is 1. The summed E-state index contributed by atoms with van der Waals surface area (Å²) in [5.74, 6) is -0.286. The molecule has 0 fully saturated rings. The van der Waals surface area contributed by atoms with E-state index in [1.165, 1.54) is 7.11 Å². The molecule has 0 spiro atoms. The highest BCUT2D eigenvalue weighted by molar-refractivity contribution is 6.76. The maximum atomic E-state index is 11.2. The van der Waals surface area contributed by atoms with Crippen LogP contribution >= 0.6 is 0 Å². The van der Waals surface area contributed by atoms with Gasteiger partial charge in [-0.1, -0.05) is 19.6 Å².